The first-order valence-corrected chi connectivity index (χ1v) is 9.34. The molecule has 3 rings (SSSR count). The lowest BCUT2D eigenvalue weighted by molar-refractivity contribution is -0.134. The van der Waals surface area contributed by atoms with Crippen LogP contribution >= 0.6 is 0 Å². The molecular weight excluding hydrogens is 342 g/mol. The number of nitrogens with zero attached hydrogens (tertiary/aromatic N) is 2. The van der Waals surface area contributed by atoms with Gasteiger partial charge in [-0.2, -0.15) is 0 Å². The van der Waals surface area contributed by atoms with Gasteiger partial charge < -0.3 is 15.3 Å². The molecule has 2 N–H and O–H groups in total. The molecule has 6 nitrogen and oxygen atoms in total. The van der Waals surface area contributed by atoms with Crippen LogP contribution in [0.3, 0.4) is 0 Å². The Balaban J connectivity index is 1.43. The van der Waals surface area contributed by atoms with E-state index >= 15 is 0 Å². The molecule has 1 aliphatic rings. The number of rotatable bonds is 6. The Labute approximate surface area is 159 Å². The summed E-state index contributed by atoms with van der Waals surface area (Å²) in [6.07, 6.45) is 5.02. The fourth-order valence-corrected chi connectivity index (χ4v) is 3.33. The number of aliphatic hydroxyl groups excluding tert-OH is 1. The molecule has 2 amide bonds. The largest absolute Gasteiger partial charge is 0.389 e. The Morgan fingerprint density at radius 1 is 1.15 bits per heavy atom. The van der Waals surface area contributed by atoms with Crippen LogP contribution in [0.15, 0.2) is 54.9 Å². The maximum absolute atomic E-state index is 12.4. The quantitative estimate of drug-likeness (QED) is 0.816. The molecule has 0 radical (unpaired) electrons. The minimum atomic E-state index is -0.761. The van der Waals surface area contributed by atoms with E-state index in [-0.39, 0.29) is 24.4 Å². The van der Waals surface area contributed by atoms with E-state index in [4.69, 9.17) is 0 Å². The molecule has 1 aromatic heterocycles. The number of carbonyl (C=O) groups is 2. The summed E-state index contributed by atoms with van der Waals surface area (Å²) in [5.74, 6) is -0.173. The highest BCUT2D eigenvalue weighted by atomic mass is 16.3. The molecule has 1 saturated heterocycles. The summed E-state index contributed by atoms with van der Waals surface area (Å²) in [7, 11) is 0. The van der Waals surface area contributed by atoms with Gasteiger partial charge in [0.2, 0.25) is 5.91 Å². The van der Waals surface area contributed by atoms with Crippen molar-refractivity contribution in [2.45, 2.75) is 37.8 Å². The third-order valence-electron chi connectivity index (χ3n) is 4.89. The Morgan fingerprint density at radius 2 is 1.89 bits per heavy atom. The highest BCUT2D eigenvalue weighted by Gasteiger charge is 2.31. The van der Waals surface area contributed by atoms with Crippen molar-refractivity contribution >= 4 is 11.8 Å². The van der Waals surface area contributed by atoms with Crippen molar-refractivity contribution in [3.05, 3.63) is 66.0 Å². The van der Waals surface area contributed by atoms with Crippen molar-refractivity contribution in [2.24, 2.45) is 0 Å². The van der Waals surface area contributed by atoms with E-state index in [9.17, 15) is 14.7 Å². The van der Waals surface area contributed by atoms with Gasteiger partial charge in [-0.05, 0) is 37.0 Å². The van der Waals surface area contributed by atoms with Gasteiger partial charge in [-0.3, -0.25) is 14.6 Å². The number of piperidine rings is 1. The first-order chi connectivity index (χ1) is 13.1. The highest BCUT2D eigenvalue weighted by Crippen LogP contribution is 2.15. The number of amides is 2. The summed E-state index contributed by atoms with van der Waals surface area (Å²) >= 11 is 0. The summed E-state index contributed by atoms with van der Waals surface area (Å²) in [4.78, 5) is 30.2. The summed E-state index contributed by atoms with van der Waals surface area (Å²) < 4.78 is 0. The van der Waals surface area contributed by atoms with E-state index in [2.05, 4.69) is 22.4 Å². The molecule has 0 spiro atoms. The number of pyridine rings is 1. The van der Waals surface area contributed by atoms with E-state index in [1.807, 2.05) is 18.2 Å². The second kappa shape index (κ2) is 9.28. The highest BCUT2D eigenvalue weighted by molar-refractivity contribution is 5.94. The van der Waals surface area contributed by atoms with Crippen molar-refractivity contribution in [1.29, 1.82) is 0 Å². The zero-order chi connectivity index (χ0) is 19.1. The standard InChI is InChI=1S/C21H25N3O3/c25-19-15-24(20(26)8-4-7-16-5-2-1-3-6-16)14-11-18(19)23-21(27)17-9-12-22-13-10-17/h1-3,5-6,9-10,12-13,18-19,25H,4,7-8,11,14-15H2,(H,23,27). The second-order valence-electron chi connectivity index (χ2n) is 6.85. The van der Waals surface area contributed by atoms with Gasteiger partial charge in [-0.1, -0.05) is 30.3 Å². The van der Waals surface area contributed by atoms with Crippen LogP contribution in [0.25, 0.3) is 0 Å². The predicted octanol–water partition coefficient (Wildman–Crippen LogP) is 1.80. The number of aryl methyl sites for hydroxylation is 1. The van der Waals surface area contributed by atoms with Crippen molar-refractivity contribution in [1.82, 2.24) is 15.2 Å². The van der Waals surface area contributed by atoms with Gasteiger partial charge in [-0.15, -0.1) is 0 Å². The average molecular weight is 367 g/mol. The van der Waals surface area contributed by atoms with Crippen LogP contribution in [0.1, 0.15) is 35.2 Å². The number of carbonyl (C=O) groups excluding carboxylic acids is 2. The van der Waals surface area contributed by atoms with Crippen LogP contribution in [-0.4, -0.2) is 52.0 Å². The van der Waals surface area contributed by atoms with Crippen LogP contribution < -0.4 is 5.32 Å². The van der Waals surface area contributed by atoms with Gasteiger partial charge >= 0.3 is 0 Å². The first kappa shape index (κ1) is 19.0. The third-order valence-corrected chi connectivity index (χ3v) is 4.89. The molecule has 27 heavy (non-hydrogen) atoms. The van der Waals surface area contributed by atoms with Crippen molar-refractivity contribution in [2.75, 3.05) is 13.1 Å². The number of benzene rings is 1. The van der Waals surface area contributed by atoms with Gasteiger partial charge in [0.25, 0.3) is 5.91 Å². The molecule has 1 fully saturated rings. The summed E-state index contributed by atoms with van der Waals surface area (Å²) in [6, 6.07) is 13.0. The Bertz CT molecular complexity index is 752. The number of nitrogens with one attached hydrogen (secondary N) is 1. The topological polar surface area (TPSA) is 82.5 Å². The molecule has 0 saturated carbocycles. The SMILES string of the molecule is O=C(NC1CCN(C(=O)CCCc2ccccc2)CC1O)c1ccncc1. The van der Waals surface area contributed by atoms with Gasteiger partial charge in [-0.25, -0.2) is 0 Å². The van der Waals surface area contributed by atoms with E-state index in [0.717, 1.165) is 12.8 Å². The average Bonchev–Trinajstić information content (AvgIpc) is 2.71. The number of aliphatic hydroxyl groups is 1. The predicted molar refractivity (Wildman–Crippen MR) is 102 cm³/mol. The fourth-order valence-electron chi connectivity index (χ4n) is 3.33. The molecule has 1 aromatic carbocycles. The smallest absolute Gasteiger partial charge is 0.251 e. The van der Waals surface area contributed by atoms with E-state index in [0.29, 0.717) is 24.9 Å². The first-order valence-electron chi connectivity index (χ1n) is 9.34. The molecule has 1 aliphatic heterocycles. The molecule has 2 heterocycles. The molecule has 2 atom stereocenters. The molecule has 2 aromatic rings. The van der Waals surface area contributed by atoms with Gasteiger partial charge in [0.15, 0.2) is 0 Å². The van der Waals surface area contributed by atoms with Gasteiger partial charge in [0, 0.05) is 37.5 Å². The van der Waals surface area contributed by atoms with Crippen LogP contribution in [0.4, 0.5) is 0 Å². The minimum absolute atomic E-state index is 0.0592. The fraction of sp³-hybridized carbons (Fsp3) is 0.381. The number of aromatic nitrogens is 1. The molecule has 0 bridgehead atoms. The molecular formula is C21H25N3O3. The van der Waals surface area contributed by atoms with E-state index < -0.39 is 6.10 Å². The van der Waals surface area contributed by atoms with E-state index in [1.54, 1.807) is 29.4 Å². The number of likely N-dealkylation sites (tertiary alicyclic amines) is 1. The number of hydrogen-bond donors (Lipinski definition) is 2. The molecule has 0 aliphatic carbocycles. The number of β-amino-alcohol motifs (C(OH)–C–C–N with tert-alkyl or cyclic N) is 1. The lowest BCUT2D eigenvalue weighted by atomic mass is 10.0. The van der Waals surface area contributed by atoms with Crippen LogP contribution in [0.2, 0.25) is 0 Å². The summed E-state index contributed by atoms with van der Waals surface area (Å²) in [5.41, 5.74) is 1.74. The Morgan fingerprint density at radius 3 is 2.59 bits per heavy atom. The molecule has 2 unspecified atom stereocenters. The van der Waals surface area contributed by atoms with Crippen molar-refractivity contribution < 1.29 is 14.7 Å². The lowest BCUT2D eigenvalue weighted by Crippen LogP contribution is -2.55. The molecule has 6 heteroatoms. The monoisotopic (exact) mass is 367 g/mol. The van der Waals surface area contributed by atoms with Crippen LogP contribution in [-0.2, 0) is 11.2 Å². The van der Waals surface area contributed by atoms with Gasteiger partial charge in [0.1, 0.15) is 0 Å². The van der Waals surface area contributed by atoms with Gasteiger partial charge in [0.05, 0.1) is 12.1 Å². The van der Waals surface area contributed by atoms with E-state index in [1.165, 1.54) is 5.56 Å². The van der Waals surface area contributed by atoms with Crippen LogP contribution in [0.5, 0.6) is 0 Å². The lowest BCUT2D eigenvalue weighted by Gasteiger charge is -2.36. The van der Waals surface area contributed by atoms with Crippen LogP contribution in [0, 0.1) is 0 Å². The zero-order valence-electron chi connectivity index (χ0n) is 15.3. The Hall–Kier alpha value is -2.73. The maximum atomic E-state index is 12.4. The van der Waals surface area contributed by atoms with Crippen molar-refractivity contribution in [3.8, 4) is 0 Å². The second-order valence-corrected chi connectivity index (χ2v) is 6.85. The molecule has 142 valence electrons. The zero-order valence-corrected chi connectivity index (χ0v) is 15.3. The van der Waals surface area contributed by atoms with Crippen molar-refractivity contribution in [3.63, 3.8) is 0 Å². The third kappa shape index (κ3) is 5.37. The summed E-state index contributed by atoms with van der Waals surface area (Å²) in [5, 5.41) is 13.2. The Kier molecular flexibility index (Phi) is 6.54. The maximum Gasteiger partial charge on any atom is 0.251 e. The minimum Gasteiger partial charge on any atom is -0.389 e. The number of hydrogen-bond acceptors (Lipinski definition) is 4. The normalized spacial score (nSPS) is 19.5. The summed E-state index contributed by atoms with van der Waals surface area (Å²) in [6.45, 7) is 0.800.